The first kappa shape index (κ1) is 11.2. The van der Waals surface area contributed by atoms with E-state index in [4.69, 9.17) is 21.2 Å². The molecule has 2 heterocycles. The van der Waals surface area contributed by atoms with Gasteiger partial charge >= 0.3 is 0 Å². The summed E-state index contributed by atoms with van der Waals surface area (Å²) < 4.78 is 5.11. The van der Waals surface area contributed by atoms with Gasteiger partial charge in [0, 0.05) is 12.1 Å². The van der Waals surface area contributed by atoms with Crippen molar-refractivity contribution in [3.8, 4) is 0 Å². The number of hydrogen-bond acceptors (Lipinski definition) is 5. The minimum atomic E-state index is -0.108. The van der Waals surface area contributed by atoms with Gasteiger partial charge in [-0.3, -0.25) is 0 Å². The van der Waals surface area contributed by atoms with Crippen molar-refractivity contribution in [1.82, 2.24) is 10.1 Å². The molecule has 0 aliphatic heterocycles. The second kappa shape index (κ2) is 4.27. The lowest BCUT2D eigenvalue weighted by Crippen LogP contribution is -2.20. The van der Waals surface area contributed by atoms with Gasteiger partial charge in [-0.25, -0.2) is 4.98 Å². The fourth-order valence-corrected chi connectivity index (χ4v) is 1.64. The van der Waals surface area contributed by atoms with E-state index in [0.29, 0.717) is 16.6 Å². The Hall–Kier alpha value is -1.33. The number of nitrogens with zero attached hydrogens (tertiary/aromatic N) is 2. The highest BCUT2D eigenvalue weighted by Crippen LogP contribution is 2.27. The van der Waals surface area contributed by atoms with Gasteiger partial charge < -0.3 is 14.9 Å². The number of aryl methyl sites for hydroxylation is 1. The Labute approximate surface area is 97.4 Å². The van der Waals surface area contributed by atoms with Crippen molar-refractivity contribution in [2.45, 2.75) is 19.9 Å². The molecular formula is C10H12ClN3O2. The minimum Gasteiger partial charge on any atom is -0.394 e. The Balaban J connectivity index is 2.53. The Morgan fingerprint density at radius 3 is 3.06 bits per heavy atom. The molecule has 5 nitrogen and oxygen atoms in total. The second-order valence-electron chi connectivity index (χ2n) is 3.66. The third-order valence-electron chi connectivity index (χ3n) is 2.25. The van der Waals surface area contributed by atoms with Gasteiger partial charge in [0.15, 0.2) is 5.58 Å². The van der Waals surface area contributed by atoms with Crippen LogP contribution in [0.5, 0.6) is 0 Å². The fraction of sp³-hybridized carbons (Fsp3) is 0.400. The molecule has 0 aliphatic rings. The van der Waals surface area contributed by atoms with Crippen molar-refractivity contribution < 1.29 is 9.63 Å². The van der Waals surface area contributed by atoms with Crippen molar-refractivity contribution in [3.05, 3.63) is 16.9 Å². The first-order chi connectivity index (χ1) is 7.61. The lowest BCUT2D eigenvalue weighted by atomic mass is 10.2. The van der Waals surface area contributed by atoms with E-state index >= 15 is 0 Å². The molecule has 0 saturated carbocycles. The molecule has 86 valence electrons. The molecule has 2 aromatic heterocycles. The topological polar surface area (TPSA) is 71.2 Å². The summed E-state index contributed by atoms with van der Waals surface area (Å²) in [5, 5.41) is 17.0. The summed E-state index contributed by atoms with van der Waals surface area (Å²) in [5.41, 5.74) is 1.33. The van der Waals surface area contributed by atoms with E-state index in [1.54, 1.807) is 6.07 Å². The molecule has 6 heteroatoms. The molecule has 0 bridgehead atoms. The van der Waals surface area contributed by atoms with Gasteiger partial charge in [0.2, 0.25) is 0 Å². The molecule has 0 saturated heterocycles. The number of aliphatic hydroxyl groups is 1. The monoisotopic (exact) mass is 241 g/mol. The van der Waals surface area contributed by atoms with Gasteiger partial charge in [-0.1, -0.05) is 16.8 Å². The summed E-state index contributed by atoms with van der Waals surface area (Å²) in [4.78, 5) is 4.17. The maximum absolute atomic E-state index is 9.00. The lowest BCUT2D eigenvalue weighted by molar-refractivity contribution is 0.281. The van der Waals surface area contributed by atoms with Crippen molar-refractivity contribution >= 4 is 28.4 Å². The standard InChI is InChI=1S/C10H12ClN3O2/c1-5(4-15)12-10-9-6(2)14-16-7(9)3-8(11)13-10/h3,5,15H,4H2,1-2H3,(H,12,13). The molecule has 0 fully saturated rings. The molecule has 1 atom stereocenters. The molecule has 16 heavy (non-hydrogen) atoms. The van der Waals surface area contributed by atoms with E-state index in [2.05, 4.69) is 15.5 Å². The summed E-state index contributed by atoms with van der Waals surface area (Å²) in [7, 11) is 0. The quantitative estimate of drug-likeness (QED) is 0.804. The van der Waals surface area contributed by atoms with E-state index < -0.39 is 0 Å². The predicted octanol–water partition coefficient (Wildman–Crippen LogP) is 1.98. The van der Waals surface area contributed by atoms with Crippen molar-refractivity contribution in [1.29, 1.82) is 0 Å². The first-order valence-electron chi connectivity index (χ1n) is 4.91. The SMILES string of the molecule is Cc1noc2cc(Cl)nc(NC(C)CO)c12. The van der Waals surface area contributed by atoms with Crippen molar-refractivity contribution in [2.75, 3.05) is 11.9 Å². The van der Waals surface area contributed by atoms with Crippen LogP contribution in [0.2, 0.25) is 5.15 Å². The average molecular weight is 242 g/mol. The number of halogens is 1. The lowest BCUT2D eigenvalue weighted by Gasteiger charge is -2.12. The van der Waals surface area contributed by atoms with E-state index in [9.17, 15) is 0 Å². The van der Waals surface area contributed by atoms with Crippen molar-refractivity contribution in [2.24, 2.45) is 0 Å². The maximum atomic E-state index is 9.00. The molecule has 1 unspecified atom stereocenters. The van der Waals surface area contributed by atoms with Crippen LogP contribution >= 0.6 is 11.6 Å². The minimum absolute atomic E-state index is 0.0139. The number of aliphatic hydroxyl groups excluding tert-OH is 1. The molecule has 0 radical (unpaired) electrons. The number of pyridine rings is 1. The zero-order valence-electron chi connectivity index (χ0n) is 8.99. The van der Waals surface area contributed by atoms with Gasteiger partial charge in [0.1, 0.15) is 11.0 Å². The van der Waals surface area contributed by atoms with Crippen LogP contribution in [-0.4, -0.2) is 27.9 Å². The van der Waals surface area contributed by atoms with Crippen LogP contribution in [0.3, 0.4) is 0 Å². The van der Waals surface area contributed by atoms with E-state index in [-0.39, 0.29) is 12.6 Å². The van der Waals surface area contributed by atoms with Gasteiger partial charge in [-0.15, -0.1) is 0 Å². The molecular weight excluding hydrogens is 230 g/mol. The second-order valence-corrected chi connectivity index (χ2v) is 4.05. The maximum Gasteiger partial charge on any atom is 0.173 e. The summed E-state index contributed by atoms with van der Waals surface area (Å²) in [6, 6.07) is 1.51. The zero-order valence-corrected chi connectivity index (χ0v) is 9.75. The Kier molecular flexibility index (Phi) is 2.98. The van der Waals surface area contributed by atoms with Crippen LogP contribution in [0, 0.1) is 6.92 Å². The van der Waals surface area contributed by atoms with Crippen LogP contribution in [-0.2, 0) is 0 Å². The third-order valence-corrected chi connectivity index (χ3v) is 2.45. The van der Waals surface area contributed by atoms with E-state index in [1.165, 1.54) is 0 Å². The van der Waals surface area contributed by atoms with Gasteiger partial charge in [0.05, 0.1) is 17.7 Å². The molecule has 0 aromatic carbocycles. The highest BCUT2D eigenvalue weighted by atomic mass is 35.5. The number of hydrogen-bond donors (Lipinski definition) is 2. The molecule has 2 rings (SSSR count). The Morgan fingerprint density at radius 2 is 2.38 bits per heavy atom. The van der Waals surface area contributed by atoms with Gasteiger partial charge in [-0.2, -0.15) is 0 Å². The first-order valence-corrected chi connectivity index (χ1v) is 5.29. The van der Waals surface area contributed by atoms with E-state index in [0.717, 1.165) is 11.1 Å². The van der Waals surface area contributed by atoms with Crippen LogP contribution in [0.15, 0.2) is 10.6 Å². The molecule has 2 N–H and O–H groups in total. The number of rotatable bonds is 3. The van der Waals surface area contributed by atoms with Crippen LogP contribution in [0.1, 0.15) is 12.6 Å². The molecule has 2 aromatic rings. The summed E-state index contributed by atoms with van der Waals surface area (Å²) in [6.07, 6.45) is 0. The number of anilines is 1. The number of aromatic nitrogens is 2. The van der Waals surface area contributed by atoms with Crippen molar-refractivity contribution in [3.63, 3.8) is 0 Å². The molecule has 0 amide bonds. The Bertz CT molecular complexity index is 512. The molecule has 0 spiro atoms. The summed E-state index contributed by atoms with van der Waals surface area (Å²) in [5.74, 6) is 0.586. The largest absolute Gasteiger partial charge is 0.394 e. The van der Waals surface area contributed by atoms with Gasteiger partial charge in [0.25, 0.3) is 0 Å². The Morgan fingerprint density at radius 1 is 1.62 bits per heavy atom. The van der Waals surface area contributed by atoms with Crippen LogP contribution in [0.25, 0.3) is 11.0 Å². The van der Waals surface area contributed by atoms with Crippen LogP contribution < -0.4 is 5.32 Å². The third kappa shape index (κ3) is 1.96. The fourth-order valence-electron chi connectivity index (χ4n) is 1.46. The number of nitrogens with one attached hydrogen (secondary N) is 1. The average Bonchev–Trinajstić information content (AvgIpc) is 2.60. The highest BCUT2D eigenvalue weighted by Gasteiger charge is 2.14. The highest BCUT2D eigenvalue weighted by molar-refractivity contribution is 6.30. The predicted molar refractivity (Wildman–Crippen MR) is 61.7 cm³/mol. The van der Waals surface area contributed by atoms with Crippen LogP contribution in [0.4, 0.5) is 5.82 Å². The normalized spacial score (nSPS) is 13.0. The smallest absolute Gasteiger partial charge is 0.173 e. The van der Waals surface area contributed by atoms with E-state index in [1.807, 2.05) is 13.8 Å². The summed E-state index contributed by atoms with van der Waals surface area (Å²) >= 11 is 5.86. The number of fused-ring (bicyclic) bond motifs is 1. The molecule has 0 aliphatic carbocycles. The summed E-state index contributed by atoms with van der Waals surface area (Å²) in [6.45, 7) is 3.69. The van der Waals surface area contributed by atoms with Gasteiger partial charge in [-0.05, 0) is 13.8 Å². The zero-order chi connectivity index (χ0) is 11.7.